The first-order chi connectivity index (χ1) is 9.93. The number of nitrogens with two attached hydrogens (primary N) is 1. The summed E-state index contributed by atoms with van der Waals surface area (Å²) in [6, 6.07) is 1.52. The third-order valence-corrected chi connectivity index (χ3v) is 5.29. The van der Waals surface area contributed by atoms with Crippen molar-refractivity contribution in [2.45, 2.75) is 50.5 Å². The Morgan fingerprint density at radius 1 is 1.24 bits per heavy atom. The fraction of sp³-hybridized carbons (Fsp3) is 0.533. The SMILES string of the molecule is CCC(CC)(CC)NS(=O)(=O)c1cncc(C#CCN)c1. The molecule has 0 atom stereocenters. The Morgan fingerprint density at radius 2 is 1.86 bits per heavy atom. The van der Waals surface area contributed by atoms with E-state index in [4.69, 9.17) is 5.73 Å². The minimum atomic E-state index is -3.61. The van der Waals surface area contributed by atoms with Gasteiger partial charge in [0.05, 0.1) is 6.54 Å². The van der Waals surface area contributed by atoms with Crippen LogP contribution in [0.1, 0.15) is 45.6 Å². The summed E-state index contributed by atoms with van der Waals surface area (Å²) in [5.74, 6) is 5.48. The lowest BCUT2D eigenvalue weighted by Crippen LogP contribution is -2.46. The lowest BCUT2D eigenvalue weighted by molar-refractivity contribution is 0.341. The zero-order valence-electron chi connectivity index (χ0n) is 12.8. The Kier molecular flexibility index (Phi) is 6.34. The number of nitrogens with one attached hydrogen (secondary N) is 1. The Bertz CT molecular complexity index is 618. The quantitative estimate of drug-likeness (QED) is 0.782. The summed E-state index contributed by atoms with van der Waals surface area (Å²) in [6.07, 6.45) is 5.06. The van der Waals surface area contributed by atoms with Gasteiger partial charge in [-0.2, -0.15) is 0 Å². The average Bonchev–Trinajstić information content (AvgIpc) is 2.51. The number of hydrogen-bond acceptors (Lipinski definition) is 4. The zero-order valence-corrected chi connectivity index (χ0v) is 13.6. The van der Waals surface area contributed by atoms with Gasteiger partial charge < -0.3 is 5.73 Å². The predicted octanol–water partition coefficient (Wildman–Crippen LogP) is 1.64. The van der Waals surface area contributed by atoms with Crippen LogP contribution in [-0.2, 0) is 10.0 Å². The van der Waals surface area contributed by atoms with Crippen LogP contribution in [0, 0.1) is 11.8 Å². The van der Waals surface area contributed by atoms with E-state index in [0.29, 0.717) is 5.56 Å². The minimum Gasteiger partial charge on any atom is -0.320 e. The molecule has 0 amide bonds. The van der Waals surface area contributed by atoms with E-state index >= 15 is 0 Å². The third kappa shape index (κ3) is 4.53. The summed E-state index contributed by atoms with van der Waals surface area (Å²) in [4.78, 5) is 4.08. The molecule has 0 aromatic carbocycles. The molecule has 0 bridgehead atoms. The number of pyridine rings is 1. The van der Waals surface area contributed by atoms with Gasteiger partial charge in [0.1, 0.15) is 4.90 Å². The fourth-order valence-electron chi connectivity index (χ4n) is 2.10. The second-order valence-corrected chi connectivity index (χ2v) is 6.54. The van der Waals surface area contributed by atoms with E-state index in [1.54, 1.807) is 0 Å². The lowest BCUT2D eigenvalue weighted by atomic mass is 9.91. The second kappa shape index (κ2) is 7.55. The average molecular weight is 309 g/mol. The van der Waals surface area contributed by atoms with Gasteiger partial charge in [-0.1, -0.05) is 32.6 Å². The first-order valence-corrected chi connectivity index (χ1v) is 8.59. The van der Waals surface area contributed by atoms with E-state index < -0.39 is 15.6 Å². The first-order valence-electron chi connectivity index (χ1n) is 7.11. The fourth-order valence-corrected chi connectivity index (χ4v) is 3.70. The zero-order chi connectivity index (χ0) is 15.9. The molecule has 116 valence electrons. The van der Waals surface area contributed by atoms with Crippen molar-refractivity contribution in [2.24, 2.45) is 5.73 Å². The molecular weight excluding hydrogens is 286 g/mol. The molecule has 0 unspecified atom stereocenters. The maximum absolute atomic E-state index is 12.5. The van der Waals surface area contributed by atoms with Gasteiger partial charge in [-0.3, -0.25) is 4.98 Å². The van der Waals surface area contributed by atoms with E-state index in [0.717, 1.165) is 19.3 Å². The molecule has 1 aromatic heterocycles. The molecule has 0 aliphatic heterocycles. The van der Waals surface area contributed by atoms with Crippen LogP contribution < -0.4 is 10.5 Å². The lowest BCUT2D eigenvalue weighted by Gasteiger charge is -2.31. The largest absolute Gasteiger partial charge is 0.320 e. The summed E-state index contributed by atoms with van der Waals surface area (Å²) in [5, 5.41) is 0. The van der Waals surface area contributed by atoms with Crippen LogP contribution in [0.5, 0.6) is 0 Å². The maximum Gasteiger partial charge on any atom is 0.242 e. The van der Waals surface area contributed by atoms with Crippen LogP contribution in [-0.4, -0.2) is 25.5 Å². The molecule has 6 heteroatoms. The molecule has 3 N–H and O–H groups in total. The van der Waals surface area contributed by atoms with Gasteiger partial charge >= 0.3 is 0 Å². The van der Waals surface area contributed by atoms with Crippen LogP contribution in [0.3, 0.4) is 0 Å². The van der Waals surface area contributed by atoms with E-state index in [1.165, 1.54) is 18.5 Å². The molecular formula is C15H23N3O2S. The van der Waals surface area contributed by atoms with Crippen LogP contribution >= 0.6 is 0 Å². The topological polar surface area (TPSA) is 85.1 Å². The molecule has 0 aliphatic rings. The highest BCUT2D eigenvalue weighted by Gasteiger charge is 2.30. The van der Waals surface area contributed by atoms with Gasteiger partial charge in [-0.05, 0) is 25.3 Å². The molecule has 0 fully saturated rings. The van der Waals surface area contributed by atoms with Crippen LogP contribution in [0.25, 0.3) is 0 Å². The van der Waals surface area contributed by atoms with E-state index in [9.17, 15) is 8.42 Å². The smallest absolute Gasteiger partial charge is 0.242 e. The highest BCUT2D eigenvalue weighted by molar-refractivity contribution is 7.89. The first kappa shape index (κ1) is 17.6. The molecule has 0 spiro atoms. The summed E-state index contributed by atoms with van der Waals surface area (Å²) in [6.45, 7) is 6.17. The standard InChI is InChI=1S/C15H23N3O2S/c1-4-15(5-2,6-3)18-21(19,20)14-10-13(8-7-9-16)11-17-12-14/h10-12,18H,4-6,9,16H2,1-3H3. The molecule has 1 heterocycles. The van der Waals surface area contributed by atoms with Crippen LogP contribution in [0.4, 0.5) is 0 Å². The summed E-state index contributed by atoms with van der Waals surface area (Å²) >= 11 is 0. The summed E-state index contributed by atoms with van der Waals surface area (Å²) < 4.78 is 27.9. The maximum atomic E-state index is 12.5. The number of nitrogens with zero attached hydrogens (tertiary/aromatic N) is 1. The number of hydrogen-bond donors (Lipinski definition) is 2. The third-order valence-electron chi connectivity index (χ3n) is 3.74. The van der Waals surface area contributed by atoms with Gasteiger partial charge in [-0.25, -0.2) is 13.1 Å². The van der Waals surface area contributed by atoms with Gasteiger partial charge in [0.25, 0.3) is 0 Å². The van der Waals surface area contributed by atoms with Crippen molar-refractivity contribution in [1.29, 1.82) is 0 Å². The van der Waals surface area contributed by atoms with Crippen molar-refractivity contribution in [3.05, 3.63) is 24.0 Å². The number of rotatable bonds is 6. The van der Waals surface area contributed by atoms with E-state index in [2.05, 4.69) is 21.5 Å². The summed E-state index contributed by atoms with van der Waals surface area (Å²) in [5.41, 5.74) is 5.43. The Balaban J connectivity index is 3.13. The number of aromatic nitrogens is 1. The van der Waals surface area contributed by atoms with Gasteiger partial charge in [0.15, 0.2) is 0 Å². The van der Waals surface area contributed by atoms with Crippen molar-refractivity contribution in [2.75, 3.05) is 6.54 Å². The van der Waals surface area contributed by atoms with Crippen molar-refractivity contribution in [3.63, 3.8) is 0 Å². The van der Waals surface area contributed by atoms with Crippen molar-refractivity contribution in [3.8, 4) is 11.8 Å². The van der Waals surface area contributed by atoms with Crippen molar-refractivity contribution >= 4 is 10.0 Å². The Labute approximate surface area is 127 Å². The normalized spacial score (nSPS) is 11.8. The Morgan fingerprint density at radius 3 is 2.38 bits per heavy atom. The van der Waals surface area contributed by atoms with Gasteiger partial charge in [0, 0.05) is 23.5 Å². The van der Waals surface area contributed by atoms with Crippen molar-refractivity contribution in [1.82, 2.24) is 9.71 Å². The molecule has 0 radical (unpaired) electrons. The van der Waals surface area contributed by atoms with Gasteiger partial charge in [0.2, 0.25) is 10.0 Å². The van der Waals surface area contributed by atoms with E-state index in [1.807, 2.05) is 20.8 Å². The Hall–Kier alpha value is -1.42. The van der Waals surface area contributed by atoms with Crippen LogP contribution in [0.15, 0.2) is 23.4 Å². The number of sulfonamides is 1. The van der Waals surface area contributed by atoms with Crippen molar-refractivity contribution < 1.29 is 8.42 Å². The highest BCUT2D eigenvalue weighted by Crippen LogP contribution is 2.22. The molecule has 0 aliphatic carbocycles. The van der Waals surface area contributed by atoms with E-state index in [-0.39, 0.29) is 11.4 Å². The molecule has 21 heavy (non-hydrogen) atoms. The highest BCUT2D eigenvalue weighted by atomic mass is 32.2. The predicted molar refractivity (Wildman–Crippen MR) is 84.1 cm³/mol. The summed E-state index contributed by atoms with van der Waals surface area (Å²) in [7, 11) is -3.61. The molecule has 0 saturated carbocycles. The van der Waals surface area contributed by atoms with Crippen LogP contribution in [0.2, 0.25) is 0 Å². The molecule has 1 aromatic rings. The molecule has 0 saturated heterocycles. The minimum absolute atomic E-state index is 0.131. The monoisotopic (exact) mass is 309 g/mol. The van der Waals surface area contributed by atoms with Gasteiger partial charge in [-0.15, -0.1) is 0 Å². The molecule has 5 nitrogen and oxygen atoms in total. The second-order valence-electron chi connectivity index (χ2n) is 4.86. The molecule has 1 rings (SSSR count).